The van der Waals surface area contributed by atoms with Crippen LogP contribution in [0.3, 0.4) is 0 Å². The van der Waals surface area contributed by atoms with E-state index >= 15 is 0 Å². The molecular formula is C16H12BrFINO. The molecule has 0 amide bonds. The minimum absolute atomic E-state index is 0.00449. The van der Waals surface area contributed by atoms with Crippen molar-refractivity contribution in [3.63, 3.8) is 0 Å². The van der Waals surface area contributed by atoms with Crippen LogP contribution in [0.1, 0.15) is 18.7 Å². The van der Waals surface area contributed by atoms with E-state index in [4.69, 9.17) is 4.42 Å². The molecule has 1 atom stereocenters. The number of benzene rings is 2. The van der Waals surface area contributed by atoms with Crippen molar-refractivity contribution in [3.8, 4) is 0 Å². The number of fused-ring (bicyclic) bond motifs is 1. The fraction of sp³-hybridized carbons (Fsp3) is 0.125. The van der Waals surface area contributed by atoms with Gasteiger partial charge in [0, 0.05) is 19.1 Å². The van der Waals surface area contributed by atoms with Gasteiger partial charge in [-0.3, -0.25) is 0 Å². The molecule has 2 aromatic carbocycles. The summed E-state index contributed by atoms with van der Waals surface area (Å²) in [5.41, 5.74) is 1.75. The van der Waals surface area contributed by atoms with Crippen LogP contribution in [-0.4, -0.2) is 0 Å². The van der Waals surface area contributed by atoms with Gasteiger partial charge in [-0.05, 0) is 72.0 Å². The van der Waals surface area contributed by atoms with Crippen LogP contribution in [-0.2, 0) is 0 Å². The lowest BCUT2D eigenvalue weighted by Gasteiger charge is -2.14. The first-order valence-corrected chi connectivity index (χ1v) is 8.31. The summed E-state index contributed by atoms with van der Waals surface area (Å²) in [7, 11) is 0. The Balaban J connectivity index is 1.87. The lowest BCUT2D eigenvalue weighted by atomic mass is 10.2. The highest BCUT2D eigenvalue weighted by Gasteiger charge is 2.13. The van der Waals surface area contributed by atoms with Gasteiger partial charge in [-0.2, -0.15) is 0 Å². The average Bonchev–Trinajstić information content (AvgIpc) is 2.85. The lowest BCUT2D eigenvalue weighted by Crippen LogP contribution is -2.06. The van der Waals surface area contributed by atoms with Crippen LogP contribution in [0.25, 0.3) is 11.0 Å². The van der Waals surface area contributed by atoms with Crippen molar-refractivity contribution in [3.05, 3.63) is 62.1 Å². The number of furan rings is 1. The van der Waals surface area contributed by atoms with Crippen molar-refractivity contribution < 1.29 is 8.81 Å². The maximum atomic E-state index is 13.1. The summed E-state index contributed by atoms with van der Waals surface area (Å²) in [6, 6.07) is 12.6. The van der Waals surface area contributed by atoms with Crippen molar-refractivity contribution in [2.75, 3.05) is 5.32 Å². The standard InChI is InChI=1S/C16H12BrFINO/c1-9(20-14-4-3-12(18)8-13(14)19)16-7-10-6-11(17)2-5-15(10)21-16/h2-9,20H,1H3. The fourth-order valence-corrected chi connectivity index (χ4v) is 3.17. The molecule has 0 radical (unpaired) electrons. The van der Waals surface area contributed by atoms with E-state index in [0.29, 0.717) is 0 Å². The minimum Gasteiger partial charge on any atom is -0.459 e. The van der Waals surface area contributed by atoms with Crippen LogP contribution in [0.4, 0.5) is 10.1 Å². The molecule has 3 aromatic rings. The van der Waals surface area contributed by atoms with E-state index in [1.165, 1.54) is 12.1 Å². The second-order valence-corrected chi connectivity index (χ2v) is 6.90. The first-order valence-electron chi connectivity index (χ1n) is 6.43. The van der Waals surface area contributed by atoms with Crippen LogP contribution in [0.15, 0.2) is 51.4 Å². The molecule has 2 nitrogen and oxygen atoms in total. The number of nitrogens with one attached hydrogen (secondary N) is 1. The van der Waals surface area contributed by atoms with Crippen molar-refractivity contribution in [2.45, 2.75) is 13.0 Å². The average molecular weight is 460 g/mol. The summed E-state index contributed by atoms with van der Waals surface area (Å²) >= 11 is 5.57. The van der Waals surface area contributed by atoms with Crippen LogP contribution < -0.4 is 5.32 Å². The van der Waals surface area contributed by atoms with E-state index in [1.807, 2.05) is 31.2 Å². The summed E-state index contributed by atoms with van der Waals surface area (Å²) < 4.78 is 20.9. The van der Waals surface area contributed by atoms with Crippen LogP contribution in [0.5, 0.6) is 0 Å². The Labute approximate surface area is 144 Å². The van der Waals surface area contributed by atoms with Crippen molar-refractivity contribution in [1.82, 2.24) is 0 Å². The monoisotopic (exact) mass is 459 g/mol. The molecule has 1 aromatic heterocycles. The van der Waals surface area contributed by atoms with Gasteiger partial charge in [0.05, 0.1) is 6.04 Å². The van der Waals surface area contributed by atoms with E-state index in [2.05, 4.69) is 43.8 Å². The van der Waals surface area contributed by atoms with E-state index < -0.39 is 0 Å². The Morgan fingerprint density at radius 3 is 2.76 bits per heavy atom. The highest BCUT2D eigenvalue weighted by Crippen LogP contribution is 2.29. The Bertz CT molecular complexity index is 802. The van der Waals surface area contributed by atoms with E-state index in [1.54, 1.807) is 6.07 Å². The van der Waals surface area contributed by atoms with Crippen molar-refractivity contribution >= 4 is 55.2 Å². The van der Waals surface area contributed by atoms with Gasteiger partial charge >= 0.3 is 0 Å². The first-order chi connectivity index (χ1) is 10.0. The Kier molecular flexibility index (Phi) is 4.21. The van der Waals surface area contributed by atoms with Crippen molar-refractivity contribution in [2.24, 2.45) is 0 Å². The van der Waals surface area contributed by atoms with Gasteiger partial charge in [0.25, 0.3) is 0 Å². The number of halogens is 3. The van der Waals surface area contributed by atoms with Gasteiger partial charge in [-0.1, -0.05) is 15.9 Å². The number of hydrogen-bond acceptors (Lipinski definition) is 2. The normalized spacial score (nSPS) is 12.6. The predicted octanol–water partition coefficient (Wildman–Crippen LogP) is 6.11. The molecule has 0 spiro atoms. The molecule has 1 heterocycles. The third kappa shape index (κ3) is 3.23. The summed E-state index contributed by atoms with van der Waals surface area (Å²) in [5, 5.41) is 4.41. The number of hydrogen-bond donors (Lipinski definition) is 1. The molecular weight excluding hydrogens is 448 g/mol. The van der Waals surface area contributed by atoms with E-state index in [-0.39, 0.29) is 11.9 Å². The number of anilines is 1. The molecule has 1 N–H and O–H groups in total. The molecule has 0 fully saturated rings. The Morgan fingerprint density at radius 2 is 2.00 bits per heavy atom. The molecule has 0 bridgehead atoms. The Hall–Kier alpha value is -1.08. The quantitative estimate of drug-likeness (QED) is 0.478. The smallest absolute Gasteiger partial charge is 0.134 e. The van der Waals surface area contributed by atoms with Crippen LogP contribution in [0.2, 0.25) is 0 Å². The minimum atomic E-state index is -0.230. The van der Waals surface area contributed by atoms with E-state index in [0.717, 1.165) is 30.5 Å². The molecule has 5 heteroatoms. The van der Waals surface area contributed by atoms with Gasteiger partial charge in [-0.15, -0.1) is 0 Å². The SMILES string of the molecule is CC(Nc1ccc(F)cc1I)c1cc2cc(Br)ccc2o1. The maximum absolute atomic E-state index is 13.1. The first kappa shape index (κ1) is 14.8. The second kappa shape index (κ2) is 5.96. The third-order valence-electron chi connectivity index (χ3n) is 3.23. The fourth-order valence-electron chi connectivity index (χ4n) is 2.16. The largest absolute Gasteiger partial charge is 0.459 e. The zero-order valence-corrected chi connectivity index (χ0v) is 14.9. The molecule has 0 saturated carbocycles. The van der Waals surface area contributed by atoms with Gasteiger partial charge in [0.15, 0.2) is 0 Å². The molecule has 0 aliphatic carbocycles. The summed E-state index contributed by atoms with van der Waals surface area (Å²) in [6.45, 7) is 2.02. The molecule has 21 heavy (non-hydrogen) atoms. The molecule has 0 aliphatic heterocycles. The van der Waals surface area contributed by atoms with Gasteiger partial charge in [0.1, 0.15) is 17.2 Å². The topological polar surface area (TPSA) is 25.2 Å². The summed E-state index contributed by atoms with van der Waals surface area (Å²) in [5.74, 6) is 0.620. The van der Waals surface area contributed by atoms with E-state index in [9.17, 15) is 4.39 Å². The highest BCUT2D eigenvalue weighted by atomic mass is 127. The lowest BCUT2D eigenvalue weighted by molar-refractivity contribution is 0.526. The Morgan fingerprint density at radius 1 is 1.19 bits per heavy atom. The molecule has 108 valence electrons. The highest BCUT2D eigenvalue weighted by molar-refractivity contribution is 14.1. The van der Waals surface area contributed by atoms with Crippen LogP contribution in [0, 0.1) is 9.39 Å². The third-order valence-corrected chi connectivity index (χ3v) is 4.61. The predicted molar refractivity (Wildman–Crippen MR) is 95.1 cm³/mol. The zero-order valence-electron chi connectivity index (χ0n) is 11.2. The summed E-state index contributed by atoms with van der Waals surface area (Å²) in [6.07, 6.45) is 0. The molecule has 3 rings (SSSR count). The van der Waals surface area contributed by atoms with Crippen molar-refractivity contribution in [1.29, 1.82) is 0 Å². The zero-order chi connectivity index (χ0) is 15.0. The number of rotatable bonds is 3. The summed E-state index contributed by atoms with van der Waals surface area (Å²) in [4.78, 5) is 0. The molecule has 0 saturated heterocycles. The second-order valence-electron chi connectivity index (χ2n) is 4.82. The van der Waals surface area contributed by atoms with Crippen LogP contribution >= 0.6 is 38.5 Å². The van der Waals surface area contributed by atoms with Gasteiger partial charge in [-0.25, -0.2) is 4.39 Å². The van der Waals surface area contributed by atoms with Gasteiger partial charge in [0.2, 0.25) is 0 Å². The maximum Gasteiger partial charge on any atom is 0.134 e. The molecule has 0 aliphatic rings. The van der Waals surface area contributed by atoms with Gasteiger partial charge < -0.3 is 9.73 Å². The molecule has 1 unspecified atom stereocenters.